The second kappa shape index (κ2) is 4.93. The van der Waals surface area contributed by atoms with Gasteiger partial charge in [0.05, 0.1) is 18.3 Å². The summed E-state index contributed by atoms with van der Waals surface area (Å²) in [4.78, 5) is 11.7. The summed E-state index contributed by atoms with van der Waals surface area (Å²) in [5.74, 6) is 0.594. The zero-order valence-electron chi connectivity index (χ0n) is 9.33. The minimum absolute atomic E-state index is 0.0549. The molecule has 0 fully saturated rings. The molecule has 0 aromatic carbocycles. The van der Waals surface area contributed by atoms with Gasteiger partial charge in [-0.15, -0.1) is 0 Å². The molecule has 0 saturated carbocycles. The molecular formula is C10H17N3O2. The van der Waals surface area contributed by atoms with Crippen molar-refractivity contribution < 1.29 is 9.32 Å². The Morgan fingerprint density at radius 1 is 1.60 bits per heavy atom. The topological polar surface area (TPSA) is 67.2 Å². The number of nitrogens with one attached hydrogen (secondary N) is 2. The van der Waals surface area contributed by atoms with Crippen LogP contribution in [-0.2, 0) is 11.3 Å². The van der Waals surface area contributed by atoms with Crippen molar-refractivity contribution in [2.45, 2.75) is 32.9 Å². The number of aromatic nitrogens is 1. The summed E-state index contributed by atoms with van der Waals surface area (Å²) in [5.41, 5.74) is -0.561. The molecular weight excluding hydrogens is 194 g/mol. The van der Waals surface area contributed by atoms with E-state index in [4.69, 9.17) is 4.52 Å². The average molecular weight is 211 g/mol. The van der Waals surface area contributed by atoms with Crippen molar-refractivity contribution in [2.75, 3.05) is 6.54 Å². The van der Waals surface area contributed by atoms with Crippen LogP contribution >= 0.6 is 0 Å². The Bertz CT molecular complexity index is 306. The number of rotatable bonds is 5. The van der Waals surface area contributed by atoms with Crippen molar-refractivity contribution in [3.8, 4) is 0 Å². The normalized spacial score (nSPS) is 11.4. The molecule has 0 aliphatic heterocycles. The zero-order valence-corrected chi connectivity index (χ0v) is 9.33. The maximum atomic E-state index is 11.7. The lowest BCUT2D eigenvalue weighted by molar-refractivity contribution is -0.126. The van der Waals surface area contributed by atoms with E-state index in [2.05, 4.69) is 15.8 Å². The Morgan fingerprint density at radius 2 is 2.33 bits per heavy atom. The van der Waals surface area contributed by atoms with Crippen LogP contribution in [0.1, 0.15) is 26.5 Å². The molecule has 0 atom stereocenters. The largest absolute Gasteiger partial charge is 0.360 e. The van der Waals surface area contributed by atoms with E-state index in [9.17, 15) is 4.79 Å². The molecule has 5 nitrogen and oxygen atoms in total. The number of likely N-dealkylation sites (N-methyl/N-ethyl adjacent to an activating group) is 1. The smallest absolute Gasteiger partial charge is 0.240 e. The minimum Gasteiger partial charge on any atom is -0.360 e. The maximum Gasteiger partial charge on any atom is 0.240 e. The monoisotopic (exact) mass is 211 g/mol. The first-order valence-electron chi connectivity index (χ1n) is 4.99. The van der Waals surface area contributed by atoms with Crippen LogP contribution in [0, 0.1) is 0 Å². The fourth-order valence-electron chi connectivity index (χ4n) is 1.24. The summed E-state index contributed by atoms with van der Waals surface area (Å²) >= 11 is 0. The number of hydrogen-bond donors (Lipinski definition) is 2. The highest BCUT2D eigenvalue weighted by atomic mass is 16.5. The molecule has 0 saturated heterocycles. The van der Waals surface area contributed by atoms with E-state index in [0.717, 1.165) is 6.54 Å². The van der Waals surface area contributed by atoms with Crippen molar-refractivity contribution in [2.24, 2.45) is 0 Å². The van der Waals surface area contributed by atoms with Gasteiger partial charge in [0.1, 0.15) is 0 Å². The second-order valence-corrected chi connectivity index (χ2v) is 3.82. The van der Waals surface area contributed by atoms with Gasteiger partial charge < -0.3 is 15.2 Å². The predicted molar refractivity (Wildman–Crippen MR) is 56.1 cm³/mol. The molecule has 1 amide bonds. The number of carbonyl (C=O) groups excluding carboxylic acids is 1. The Kier molecular flexibility index (Phi) is 3.85. The molecule has 0 aliphatic rings. The molecule has 84 valence electrons. The van der Waals surface area contributed by atoms with E-state index in [-0.39, 0.29) is 5.91 Å². The minimum atomic E-state index is -0.561. The Labute approximate surface area is 89.2 Å². The van der Waals surface area contributed by atoms with E-state index in [1.54, 1.807) is 12.3 Å². The van der Waals surface area contributed by atoms with Crippen LogP contribution < -0.4 is 10.6 Å². The van der Waals surface area contributed by atoms with Gasteiger partial charge in [0, 0.05) is 6.07 Å². The standard InChI is InChI=1S/C10H17N3O2/c1-4-12-10(2,3)9(14)11-7-8-5-6-13-15-8/h5-6,12H,4,7H2,1-3H3,(H,11,14). The molecule has 1 rings (SSSR count). The van der Waals surface area contributed by atoms with Crippen molar-refractivity contribution >= 4 is 5.91 Å². The van der Waals surface area contributed by atoms with Crippen LogP contribution in [0.4, 0.5) is 0 Å². The van der Waals surface area contributed by atoms with Gasteiger partial charge in [-0.05, 0) is 20.4 Å². The first-order valence-corrected chi connectivity index (χ1v) is 4.99. The summed E-state index contributed by atoms with van der Waals surface area (Å²) in [7, 11) is 0. The first-order chi connectivity index (χ1) is 7.06. The summed E-state index contributed by atoms with van der Waals surface area (Å²) in [6.45, 7) is 6.76. The van der Waals surface area contributed by atoms with Crippen LogP contribution in [0.3, 0.4) is 0 Å². The van der Waals surface area contributed by atoms with Gasteiger partial charge in [-0.2, -0.15) is 0 Å². The number of nitrogens with zero attached hydrogens (tertiary/aromatic N) is 1. The highest BCUT2D eigenvalue weighted by molar-refractivity contribution is 5.85. The van der Waals surface area contributed by atoms with Crippen LogP contribution in [0.15, 0.2) is 16.8 Å². The van der Waals surface area contributed by atoms with Gasteiger partial charge in [0.25, 0.3) is 0 Å². The molecule has 2 N–H and O–H groups in total. The van der Waals surface area contributed by atoms with Gasteiger partial charge in [-0.3, -0.25) is 4.79 Å². The average Bonchev–Trinajstić information content (AvgIpc) is 2.66. The van der Waals surface area contributed by atoms with E-state index < -0.39 is 5.54 Å². The molecule has 0 aliphatic carbocycles. The van der Waals surface area contributed by atoms with Crippen LogP contribution in [0.25, 0.3) is 0 Å². The van der Waals surface area contributed by atoms with Crippen molar-refractivity contribution in [1.29, 1.82) is 0 Å². The fraction of sp³-hybridized carbons (Fsp3) is 0.600. The van der Waals surface area contributed by atoms with Crippen LogP contribution in [0.2, 0.25) is 0 Å². The van der Waals surface area contributed by atoms with Crippen molar-refractivity contribution in [3.05, 3.63) is 18.0 Å². The van der Waals surface area contributed by atoms with Crippen molar-refractivity contribution in [1.82, 2.24) is 15.8 Å². The number of amides is 1. The zero-order chi connectivity index (χ0) is 11.3. The third-order valence-electron chi connectivity index (χ3n) is 2.10. The van der Waals surface area contributed by atoms with E-state index in [1.165, 1.54) is 0 Å². The van der Waals surface area contributed by atoms with Crippen molar-refractivity contribution in [3.63, 3.8) is 0 Å². The second-order valence-electron chi connectivity index (χ2n) is 3.82. The van der Waals surface area contributed by atoms with Gasteiger partial charge in [-0.25, -0.2) is 0 Å². The van der Waals surface area contributed by atoms with Gasteiger partial charge in [-0.1, -0.05) is 12.1 Å². The van der Waals surface area contributed by atoms with E-state index in [0.29, 0.717) is 12.3 Å². The first kappa shape index (κ1) is 11.7. The Morgan fingerprint density at radius 3 is 2.87 bits per heavy atom. The summed E-state index contributed by atoms with van der Waals surface area (Å²) in [5, 5.41) is 9.43. The Balaban J connectivity index is 2.42. The molecule has 0 spiro atoms. The third-order valence-corrected chi connectivity index (χ3v) is 2.10. The SMILES string of the molecule is CCNC(C)(C)C(=O)NCc1ccno1. The third kappa shape index (κ3) is 3.36. The summed E-state index contributed by atoms with van der Waals surface area (Å²) < 4.78 is 4.87. The Hall–Kier alpha value is -1.36. The molecule has 1 aromatic rings. The lowest BCUT2D eigenvalue weighted by atomic mass is 10.0. The van der Waals surface area contributed by atoms with E-state index in [1.807, 2.05) is 20.8 Å². The van der Waals surface area contributed by atoms with Crippen LogP contribution in [-0.4, -0.2) is 23.1 Å². The highest BCUT2D eigenvalue weighted by Gasteiger charge is 2.25. The van der Waals surface area contributed by atoms with Gasteiger partial charge in [0.15, 0.2) is 5.76 Å². The van der Waals surface area contributed by atoms with Crippen LogP contribution in [0.5, 0.6) is 0 Å². The number of hydrogen-bond acceptors (Lipinski definition) is 4. The molecule has 0 unspecified atom stereocenters. The molecule has 15 heavy (non-hydrogen) atoms. The van der Waals surface area contributed by atoms with Gasteiger partial charge in [0.2, 0.25) is 5.91 Å². The maximum absolute atomic E-state index is 11.7. The number of carbonyl (C=O) groups is 1. The quantitative estimate of drug-likeness (QED) is 0.751. The molecule has 0 radical (unpaired) electrons. The fourth-order valence-corrected chi connectivity index (χ4v) is 1.24. The predicted octanol–water partition coefficient (Wildman–Crippen LogP) is 0.679. The molecule has 1 heterocycles. The summed E-state index contributed by atoms with van der Waals surface area (Å²) in [6.07, 6.45) is 1.55. The lowest BCUT2D eigenvalue weighted by Crippen LogP contribution is -2.52. The molecule has 0 bridgehead atoms. The van der Waals surface area contributed by atoms with Gasteiger partial charge >= 0.3 is 0 Å². The van der Waals surface area contributed by atoms with E-state index >= 15 is 0 Å². The molecule has 1 aromatic heterocycles. The summed E-state index contributed by atoms with van der Waals surface area (Å²) in [6, 6.07) is 1.72. The lowest BCUT2D eigenvalue weighted by Gasteiger charge is -2.23. The highest BCUT2D eigenvalue weighted by Crippen LogP contribution is 2.03. The molecule has 5 heteroatoms.